The summed E-state index contributed by atoms with van der Waals surface area (Å²) in [5.74, 6) is 0. The summed E-state index contributed by atoms with van der Waals surface area (Å²) < 4.78 is 39.2. The van der Waals surface area contributed by atoms with Crippen molar-refractivity contribution in [2.75, 3.05) is 6.61 Å². The zero-order valence-electron chi connectivity index (χ0n) is 5.41. The molecule has 0 aliphatic rings. The van der Waals surface area contributed by atoms with E-state index in [1.807, 2.05) is 0 Å². The standard InChI is InChI=1S/C5H8ClF3O/c1-2-3-10-5(6,9)4(7)8/h4H,2-3H2,1H3. The Kier molecular flexibility index (Phi) is 4.05. The van der Waals surface area contributed by atoms with Gasteiger partial charge in [0.1, 0.15) is 0 Å². The highest BCUT2D eigenvalue weighted by molar-refractivity contribution is 6.22. The Morgan fingerprint density at radius 2 is 2.10 bits per heavy atom. The second-order valence-corrected chi connectivity index (χ2v) is 2.23. The molecular formula is C5H8ClF3O. The molecule has 0 spiro atoms. The molecule has 0 fully saturated rings. The number of hydrogen-bond donors (Lipinski definition) is 0. The van der Waals surface area contributed by atoms with E-state index in [0.29, 0.717) is 6.42 Å². The topological polar surface area (TPSA) is 9.23 Å². The highest BCUT2D eigenvalue weighted by Gasteiger charge is 2.39. The number of rotatable bonds is 4. The molecule has 0 aromatic carbocycles. The van der Waals surface area contributed by atoms with E-state index >= 15 is 0 Å². The minimum absolute atomic E-state index is 0.107. The van der Waals surface area contributed by atoms with Gasteiger partial charge in [-0.3, -0.25) is 0 Å². The van der Waals surface area contributed by atoms with E-state index in [1.165, 1.54) is 0 Å². The lowest BCUT2D eigenvalue weighted by molar-refractivity contribution is -0.162. The third kappa shape index (κ3) is 3.27. The fourth-order valence-electron chi connectivity index (χ4n) is 0.301. The first-order valence-electron chi connectivity index (χ1n) is 2.80. The van der Waals surface area contributed by atoms with Gasteiger partial charge in [0.2, 0.25) is 0 Å². The van der Waals surface area contributed by atoms with Gasteiger partial charge in [-0.05, 0) is 18.0 Å². The number of halogens is 4. The van der Waals surface area contributed by atoms with Crippen LogP contribution in [0.3, 0.4) is 0 Å². The van der Waals surface area contributed by atoms with Crippen molar-refractivity contribution in [3.05, 3.63) is 0 Å². The van der Waals surface area contributed by atoms with Gasteiger partial charge < -0.3 is 4.74 Å². The largest absolute Gasteiger partial charge is 0.347 e. The van der Waals surface area contributed by atoms with Gasteiger partial charge in [0.05, 0.1) is 6.61 Å². The van der Waals surface area contributed by atoms with Gasteiger partial charge in [0.15, 0.2) is 0 Å². The zero-order chi connectivity index (χ0) is 8.20. The summed E-state index contributed by atoms with van der Waals surface area (Å²) >= 11 is 4.61. The molecule has 0 rings (SSSR count). The summed E-state index contributed by atoms with van der Waals surface area (Å²) in [6.07, 6.45) is -2.86. The van der Waals surface area contributed by atoms with E-state index in [9.17, 15) is 13.2 Å². The average molecular weight is 177 g/mol. The number of hydrogen-bond acceptors (Lipinski definition) is 1. The van der Waals surface area contributed by atoms with Gasteiger partial charge in [0.25, 0.3) is 0 Å². The van der Waals surface area contributed by atoms with Crippen molar-refractivity contribution in [1.82, 2.24) is 0 Å². The maximum atomic E-state index is 12.2. The van der Waals surface area contributed by atoms with Gasteiger partial charge in [-0.1, -0.05) is 6.92 Å². The molecule has 62 valence electrons. The van der Waals surface area contributed by atoms with Crippen LogP contribution in [0.2, 0.25) is 0 Å². The van der Waals surface area contributed by atoms with Crippen LogP contribution in [0.1, 0.15) is 13.3 Å². The van der Waals surface area contributed by atoms with Crippen LogP contribution in [0.15, 0.2) is 0 Å². The van der Waals surface area contributed by atoms with Gasteiger partial charge in [-0.15, -0.1) is 0 Å². The molecule has 0 N–H and O–H groups in total. The predicted octanol–water partition coefficient (Wildman–Crippen LogP) is 2.54. The molecule has 0 radical (unpaired) electrons. The van der Waals surface area contributed by atoms with Gasteiger partial charge in [-0.2, -0.15) is 4.39 Å². The van der Waals surface area contributed by atoms with E-state index < -0.39 is 11.7 Å². The molecule has 1 unspecified atom stereocenters. The normalized spacial score (nSPS) is 17.4. The maximum Gasteiger partial charge on any atom is 0.347 e. The van der Waals surface area contributed by atoms with Crippen LogP contribution in [0.4, 0.5) is 13.2 Å². The number of alkyl halides is 4. The van der Waals surface area contributed by atoms with Crippen LogP contribution in [0.25, 0.3) is 0 Å². The van der Waals surface area contributed by atoms with Crippen molar-refractivity contribution in [1.29, 1.82) is 0 Å². The molecule has 0 bridgehead atoms. The second kappa shape index (κ2) is 4.03. The molecule has 0 aliphatic heterocycles. The fourth-order valence-corrected chi connectivity index (χ4v) is 0.378. The van der Waals surface area contributed by atoms with Crippen molar-refractivity contribution in [3.63, 3.8) is 0 Å². The fraction of sp³-hybridized carbons (Fsp3) is 1.00. The lowest BCUT2D eigenvalue weighted by atomic mass is 10.5. The molecule has 0 aliphatic carbocycles. The molecule has 10 heavy (non-hydrogen) atoms. The molecule has 0 heterocycles. The van der Waals surface area contributed by atoms with Crippen molar-refractivity contribution < 1.29 is 17.9 Å². The third-order valence-electron chi connectivity index (χ3n) is 0.753. The smallest absolute Gasteiger partial charge is 0.329 e. The Balaban J connectivity index is 3.63. The van der Waals surface area contributed by atoms with Gasteiger partial charge in [0, 0.05) is 0 Å². The third-order valence-corrected chi connectivity index (χ3v) is 1.03. The van der Waals surface area contributed by atoms with Crippen molar-refractivity contribution in [2.45, 2.75) is 25.1 Å². The SMILES string of the molecule is CCCOC(F)(Cl)C(F)F. The van der Waals surface area contributed by atoms with Gasteiger partial charge in [-0.25, -0.2) is 8.78 Å². The van der Waals surface area contributed by atoms with Crippen molar-refractivity contribution in [3.8, 4) is 0 Å². The Hall–Kier alpha value is 0.0400. The average Bonchev–Trinajstić information content (AvgIpc) is 1.84. The molecule has 1 nitrogen and oxygen atoms in total. The van der Waals surface area contributed by atoms with Crippen LogP contribution in [0, 0.1) is 0 Å². The van der Waals surface area contributed by atoms with Crippen LogP contribution >= 0.6 is 11.6 Å². The molecule has 0 saturated carbocycles. The van der Waals surface area contributed by atoms with Crippen molar-refractivity contribution >= 4 is 11.6 Å². The van der Waals surface area contributed by atoms with Crippen LogP contribution in [0.5, 0.6) is 0 Å². The minimum Gasteiger partial charge on any atom is -0.329 e. The predicted molar refractivity (Wildman–Crippen MR) is 31.9 cm³/mol. The first kappa shape index (κ1) is 10.0. The zero-order valence-corrected chi connectivity index (χ0v) is 6.17. The van der Waals surface area contributed by atoms with E-state index in [2.05, 4.69) is 16.3 Å². The Labute approximate surface area is 62.1 Å². The highest BCUT2D eigenvalue weighted by Crippen LogP contribution is 2.26. The van der Waals surface area contributed by atoms with Crippen LogP contribution < -0.4 is 0 Å². The Bertz CT molecular complexity index is 96.9. The summed E-state index contributed by atoms with van der Waals surface area (Å²) in [4.78, 5) is 0. The summed E-state index contributed by atoms with van der Waals surface area (Å²) in [5, 5.41) is -3.31. The first-order chi connectivity index (χ1) is 4.50. The molecule has 0 aromatic rings. The summed E-state index contributed by atoms with van der Waals surface area (Å²) in [6.45, 7) is 1.56. The van der Waals surface area contributed by atoms with E-state index in [0.717, 1.165) is 0 Å². The van der Waals surface area contributed by atoms with Crippen molar-refractivity contribution in [2.24, 2.45) is 0 Å². The summed E-state index contributed by atoms with van der Waals surface area (Å²) in [6, 6.07) is 0. The molecule has 0 aromatic heterocycles. The molecule has 5 heteroatoms. The van der Waals surface area contributed by atoms with Gasteiger partial charge >= 0.3 is 11.7 Å². The Morgan fingerprint density at radius 1 is 1.60 bits per heavy atom. The highest BCUT2D eigenvalue weighted by atomic mass is 35.5. The second-order valence-electron chi connectivity index (χ2n) is 1.71. The molecular weight excluding hydrogens is 169 g/mol. The minimum atomic E-state index is -3.31. The first-order valence-corrected chi connectivity index (χ1v) is 3.18. The summed E-state index contributed by atoms with van der Waals surface area (Å²) in [7, 11) is 0. The van der Waals surface area contributed by atoms with E-state index in [1.54, 1.807) is 6.92 Å². The lowest BCUT2D eigenvalue weighted by Gasteiger charge is -2.16. The monoisotopic (exact) mass is 176 g/mol. The quantitative estimate of drug-likeness (QED) is 0.598. The molecule has 0 saturated heterocycles. The summed E-state index contributed by atoms with van der Waals surface area (Å²) in [5.41, 5.74) is 0. The number of ether oxygens (including phenoxy) is 1. The molecule has 0 amide bonds. The maximum absolute atomic E-state index is 12.2. The Morgan fingerprint density at radius 3 is 2.40 bits per heavy atom. The lowest BCUT2D eigenvalue weighted by Crippen LogP contribution is -2.28. The van der Waals surface area contributed by atoms with Crippen LogP contribution in [-0.4, -0.2) is 18.3 Å². The molecule has 1 atom stereocenters. The van der Waals surface area contributed by atoms with E-state index in [-0.39, 0.29) is 6.61 Å². The van der Waals surface area contributed by atoms with E-state index in [4.69, 9.17) is 0 Å². The van der Waals surface area contributed by atoms with Crippen LogP contribution in [-0.2, 0) is 4.74 Å².